The number of rotatable bonds is 4. The van der Waals surface area contributed by atoms with Gasteiger partial charge in [-0.2, -0.15) is 26.8 Å². The van der Waals surface area contributed by atoms with Crippen molar-refractivity contribution in [3.8, 4) is 0 Å². The lowest BCUT2D eigenvalue weighted by atomic mass is 10.2. The first kappa shape index (κ1) is 14.4. The van der Waals surface area contributed by atoms with Crippen LogP contribution in [0.3, 0.4) is 0 Å². The van der Waals surface area contributed by atoms with Crippen LogP contribution in [-0.4, -0.2) is 50.3 Å². The van der Waals surface area contributed by atoms with E-state index in [1.807, 2.05) is 18.0 Å². The summed E-state index contributed by atoms with van der Waals surface area (Å²) in [5.41, 5.74) is 0.801. The minimum atomic E-state index is 0.246. The van der Waals surface area contributed by atoms with Crippen molar-refractivity contribution in [2.45, 2.75) is 31.9 Å². The Bertz CT molecular complexity index is 623. The Labute approximate surface area is 129 Å². The van der Waals surface area contributed by atoms with Gasteiger partial charge in [0.05, 0.1) is 11.6 Å². The number of fused-ring (bicyclic) bond motifs is 1. The summed E-state index contributed by atoms with van der Waals surface area (Å²) in [6.45, 7) is 9.58. The van der Waals surface area contributed by atoms with E-state index in [1.165, 1.54) is 0 Å². The lowest BCUT2D eigenvalue weighted by Crippen LogP contribution is -2.43. The van der Waals surface area contributed by atoms with Gasteiger partial charge in [0.15, 0.2) is 5.65 Å². The molecule has 0 amide bonds. The van der Waals surface area contributed by atoms with Crippen molar-refractivity contribution in [3.05, 3.63) is 6.20 Å². The van der Waals surface area contributed by atoms with E-state index in [1.54, 1.807) is 0 Å². The quantitative estimate of drug-likeness (QED) is 0.904. The summed E-state index contributed by atoms with van der Waals surface area (Å²) in [7, 11) is 0. The number of aromatic nitrogens is 4. The lowest BCUT2D eigenvalue weighted by molar-refractivity contribution is 0.644. The van der Waals surface area contributed by atoms with Crippen molar-refractivity contribution in [1.29, 1.82) is 0 Å². The predicted octanol–water partition coefficient (Wildman–Crippen LogP) is 2.51. The van der Waals surface area contributed by atoms with Crippen LogP contribution in [0.25, 0.3) is 11.0 Å². The van der Waals surface area contributed by atoms with Crippen LogP contribution in [0.2, 0.25) is 0 Å². The van der Waals surface area contributed by atoms with E-state index in [-0.39, 0.29) is 4.75 Å². The number of anilines is 2. The largest absolute Gasteiger partial charge is 0.354 e. The highest BCUT2D eigenvalue weighted by molar-refractivity contribution is 8.00. The first-order valence-corrected chi connectivity index (χ1v) is 8.41. The maximum absolute atomic E-state index is 4.73. The average Bonchev–Trinajstić information content (AvgIpc) is 2.91. The summed E-state index contributed by atoms with van der Waals surface area (Å²) in [4.78, 5) is 11.6. The van der Waals surface area contributed by atoms with Crippen LogP contribution < -0.4 is 10.2 Å². The van der Waals surface area contributed by atoms with E-state index in [0.717, 1.165) is 48.7 Å². The van der Waals surface area contributed by atoms with Crippen molar-refractivity contribution < 1.29 is 0 Å². The van der Waals surface area contributed by atoms with Gasteiger partial charge in [-0.15, -0.1) is 0 Å². The monoisotopic (exact) mass is 306 g/mol. The summed E-state index contributed by atoms with van der Waals surface area (Å²) in [5, 5.41) is 11.4. The van der Waals surface area contributed by atoms with Gasteiger partial charge in [-0.25, -0.2) is 0 Å². The molecular weight excluding hydrogens is 284 g/mol. The molecule has 1 aliphatic rings. The number of hydrogen-bond acceptors (Lipinski definition) is 6. The molecule has 0 aromatic carbocycles. The number of aromatic amines is 1. The fourth-order valence-electron chi connectivity index (χ4n) is 2.57. The van der Waals surface area contributed by atoms with E-state index >= 15 is 0 Å². The summed E-state index contributed by atoms with van der Waals surface area (Å²) in [6, 6.07) is 0. The molecular formula is C14H22N6S. The molecule has 0 saturated carbocycles. The normalized spacial score (nSPS) is 18.1. The van der Waals surface area contributed by atoms with Gasteiger partial charge < -0.3 is 10.2 Å². The van der Waals surface area contributed by atoms with Crippen LogP contribution in [0.15, 0.2) is 6.20 Å². The second kappa shape index (κ2) is 5.71. The van der Waals surface area contributed by atoms with Crippen LogP contribution in [0.4, 0.5) is 11.8 Å². The molecule has 0 spiro atoms. The molecule has 3 heterocycles. The van der Waals surface area contributed by atoms with Crippen LogP contribution >= 0.6 is 11.8 Å². The maximum Gasteiger partial charge on any atom is 0.226 e. The van der Waals surface area contributed by atoms with Gasteiger partial charge in [-0.3, -0.25) is 5.10 Å². The van der Waals surface area contributed by atoms with Gasteiger partial charge in [0, 0.05) is 30.1 Å². The molecule has 0 bridgehead atoms. The van der Waals surface area contributed by atoms with Gasteiger partial charge in [0.25, 0.3) is 0 Å². The Balaban J connectivity index is 1.97. The summed E-state index contributed by atoms with van der Waals surface area (Å²) < 4.78 is 0.246. The number of H-pyrrole nitrogens is 1. The molecule has 1 fully saturated rings. The molecule has 2 N–H and O–H groups in total. The Kier molecular flexibility index (Phi) is 3.93. The summed E-state index contributed by atoms with van der Waals surface area (Å²) in [6.07, 6.45) is 2.87. The van der Waals surface area contributed by atoms with Crippen molar-refractivity contribution in [1.82, 2.24) is 20.2 Å². The predicted molar refractivity (Wildman–Crippen MR) is 89.2 cm³/mol. The molecule has 0 radical (unpaired) electrons. The number of thioether (sulfide) groups is 1. The molecule has 21 heavy (non-hydrogen) atoms. The van der Waals surface area contributed by atoms with E-state index in [2.05, 4.69) is 46.2 Å². The zero-order chi connectivity index (χ0) is 14.9. The third-order valence-corrected chi connectivity index (χ3v) is 4.85. The summed E-state index contributed by atoms with van der Waals surface area (Å²) in [5.74, 6) is 2.79. The lowest BCUT2D eigenvalue weighted by Gasteiger charge is -2.38. The van der Waals surface area contributed by atoms with Gasteiger partial charge in [0.2, 0.25) is 5.95 Å². The molecule has 0 atom stereocenters. The molecule has 7 heteroatoms. The second-order valence-corrected chi connectivity index (χ2v) is 7.76. The topological polar surface area (TPSA) is 69.7 Å². The first-order chi connectivity index (χ1) is 10.1. The smallest absolute Gasteiger partial charge is 0.226 e. The van der Waals surface area contributed by atoms with Crippen molar-refractivity contribution >= 4 is 34.6 Å². The van der Waals surface area contributed by atoms with E-state index in [4.69, 9.17) is 4.98 Å². The highest BCUT2D eigenvalue weighted by Gasteiger charge is 2.29. The number of hydrogen-bond donors (Lipinski definition) is 2. The first-order valence-electron chi connectivity index (χ1n) is 7.43. The van der Waals surface area contributed by atoms with Crippen LogP contribution in [0.1, 0.15) is 27.2 Å². The maximum atomic E-state index is 4.73. The number of nitrogens with one attached hydrogen (secondary N) is 2. The van der Waals surface area contributed by atoms with Crippen molar-refractivity contribution in [2.24, 2.45) is 0 Å². The van der Waals surface area contributed by atoms with Gasteiger partial charge in [0.1, 0.15) is 5.82 Å². The molecule has 1 aliphatic heterocycles. The molecule has 2 aromatic heterocycles. The zero-order valence-electron chi connectivity index (χ0n) is 12.8. The molecule has 0 unspecified atom stereocenters. The second-order valence-electron chi connectivity index (χ2n) is 5.96. The molecule has 0 aliphatic carbocycles. The van der Waals surface area contributed by atoms with Gasteiger partial charge >= 0.3 is 0 Å². The summed E-state index contributed by atoms with van der Waals surface area (Å²) >= 11 is 2.02. The fourth-order valence-corrected chi connectivity index (χ4v) is 3.69. The highest BCUT2D eigenvalue weighted by Crippen LogP contribution is 2.34. The Hall–Kier alpha value is -1.50. The zero-order valence-corrected chi connectivity index (χ0v) is 13.6. The standard InChI is InChI=1S/C14H22N6S/c1-4-5-15-13-17-11-10(8-16-19-11)12(18-13)20-6-7-21-14(2,3)9-20/h8H,4-7,9H2,1-3H3,(H2,15,16,17,18,19). The van der Waals surface area contributed by atoms with Gasteiger partial charge in [-0.1, -0.05) is 6.92 Å². The molecule has 6 nitrogen and oxygen atoms in total. The van der Waals surface area contributed by atoms with E-state index in [0.29, 0.717) is 5.95 Å². The SMILES string of the molecule is CCCNc1nc(N2CCSC(C)(C)C2)c2cn[nH]c2n1. The highest BCUT2D eigenvalue weighted by atomic mass is 32.2. The third-order valence-electron chi connectivity index (χ3n) is 3.55. The Morgan fingerprint density at radius 2 is 2.29 bits per heavy atom. The molecule has 3 rings (SSSR count). The minimum absolute atomic E-state index is 0.246. The fraction of sp³-hybridized carbons (Fsp3) is 0.643. The van der Waals surface area contributed by atoms with Crippen LogP contribution in [0, 0.1) is 0 Å². The minimum Gasteiger partial charge on any atom is -0.354 e. The van der Waals surface area contributed by atoms with Crippen LogP contribution in [-0.2, 0) is 0 Å². The van der Waals surface area contributed by atoms with E-state index in [9.17, 15) is 0 Å². The van der Waals surface area contributed by atoms with Crippen molar-refractivity contribution in [2.75, 3.05) is 35.6 Å². The Morgan fingerprint density at radius 1 is 1.43 bits per heavy atom. The van der Waals surface area contributed by atoms with Crippen molar-refractivity contribution in [3.63, 3.8) is 0 Å². The van der Waals surface area contributed by atoms with E-state index < -0.39 is 0 Å². The average molecular weight is 306 g/mol. The number of nitrogens with zero attached hydrogens (tertiary/aromatic N) is 4. The molecule has 2 aromatic rings. The third kappa shape index (κ3) is 3.07. The molecule has 1 saturated heterocycles. The van der Waals surface area contributed by atoms with Crippen LogP contribution in [0.5, 0.6) is 0 Å². The Morgan fingerprint density at radius 3 is 3.05 bits per heavy atom. The van der Waals surface area contributed by atoms with Gasteiger partial charge in [-0.05, 0) is 20.3 Å². The molecule has 114 valence electrons.